The summed E-state index contributed by atoms with van der Waals surface area (Å²) in [6.07, 6.45) is 1.83. The summed E-state index contributed by atoms with van der Waals surface area (Å²) < 4.78 is 13.2. The Morgan fingerprint density at radius 1 is 1.03 bits per heavy atom. The van der Waals surface area contributed by atoms with Crippen LogP contribution in [0.5, 0.6) is 0 Å². The van der Waals surface area contributed by atoms with Crippen LogP contribution in [-0.2, 0) is 6.42 Å². The lowest BCUT2D eigenvalue weighted by atomic mass is 9.97. The van der Waals surface area contributed by atoms with Gasteiger partial charge in [-0.25, -0.2) is 9.37 Å². The van der Waals surface area contributed by atoms with Crippen LogP contribution in [0.3, 0.4) is 0 Å². The number of halogens is 1. The third-order valence-corrected chi connectivity index (χ3v) is 5.18. The Morgan fingerprint density at radius 2 is 1.76 bits per heavy atom. The van der Waals surface area contributed by atoms with E-state index in [-0.39, 0.29) is 18.0 Å². The number of carbonyl (C=O) groups is 1. The Bertz CT molecular complexity index is 996. The molecule has 0 amide bonds. The number of pyridine rings is 1. The average molecular weight is 390 g/mol. The third-order valence-electron chi connectivity index (χ3n) is 5.18. The summed E-state index contributed by atoms with van der Waals surface area (Å²) in [4.78, 5) is 19.5. The number of ketones is 1. The van der Waals surface area contributed by atoms with Crippen molar-refractivity contribution in [1.29, 1.82) is 0 Å². The van der Waals surface area contributed by atoms with Gasteiger partial charge in [0, 0.05) is 50.0 Å². The van der Waals surface area contributed by atoms with Gasteiger partial charge in [0.25, 0.3) is 0 Å². The molecular formula is C23H23FN4O. The van der Waals surface area contributed by atoms with Crippen molar-refractivity contribution in [2.75, 3.05) is 36.8 Å². The smallest absolute Gasteiger partial charge is 0.168 e. The summed E-state index contributed by atoms with van der Waals surface area (Å²) in [6.45, 7) is 3.69. The van der Waals surface area contributed by atoms with E-state index in [4.69, 9.17) is 5.73 Å². The molecule has 29 heavy (non-hydrogen) atoms. The van der Waals surface area contributed by atoms with Crippen molar-refractivity contribution in [3.05, 3.63) is 77.7 Å². The molecule has 0 atom stereocenters. The maximum Gasteiger partial charge on any atom is 0.168 e. The van der Waals surface area contributed by atoms with E-state index in [1.807, 2.05) is 24.3 Å². The third kappa shape index (κ3) is 4.43. The first-order valence-electron chi connectivity index (χ1n) is 9.69. The second-order valence-corrected chi connectivity index (χ2v) is 7.16. The first kappa shape index (κ1) is 19.1. The number of nitrogens with two attached hydrogens (primary N) is 1. The van der Waals surface area contributed by atoms with Crippen LogP contribution in [0.25, 0.3) is 11.1 Å². The molecule has 0 spiro atoms. The highest BCUT2D eigenvalue weighted by Gasteiger charge is 2.14. The van der Waals surface area contributed by atoms with E-state index in [1.165, 1.54) is 12.1 Å². The highest BCUT2D eigenvalue weighted by Crippen LogP contribution is 2.25. The lowest BCUT2D eigenvalue weighted by molar-refractivity contribution is 0.0993. The van der Waals surface area contributed by atoms with Crippen LogP contribution in [0.15, 0.2) is 60.8 Å². The van der Waals surface area contributed by atoms with Crippen molar-refractivity contribution in [1.82, 2.24) is 10.3 Å². The molecular weight excluding hydrogens is 367 g/mol. The molecule has 0 saturated carbocycles. The van der Waals surface area contributed by atoms with Crippen molar-refractivity contribution >= 4 is 17.3 Å². The Morgan fingerprint density at radius 3 is 2.45 bits per heavy atom. The number of Topliss-reactive ketones (excluding diaryl/α,β-unsaturated/α-hetero) is 1. The van der Waals surface area contributed by atoms with Crippen LogP contribution >= 0.6 is 0 Å². The monoisotopic (exact) mass is 390 g/mol. The van der Waals surface area contributed by atoms with Gasteiger partial charge in [-0.1, -0.05) is 18.2 Å². The fourth-order valence-corrected chi connectivity index (χ4v) is 3.49. The standard InChI is InChI=1S/C23H23FN4O/c24-20-5-1-16(2-6-20)17-3-7-21(25)19(13-17)14-22(29)18-4-8-23(27-15-18)28-11-9-26-10-12-28/h1-8,13,15,26H,9-12,14,25H2. The maximum atomic E-state index is 13.2. The topological polar surface area (TPSA) is 71.2 Å². The predicted molar refractivity (Wildman–Crippen MR) is 114 cm³/mol. The molecule has 5 nitrogen and oxygen atoms in total. The quantitative estimate of drug-likeness (QED) is 0.517. The molecule has 0 bridgehead atoms. The van der Waals surface area contributed by atoms with Gasteiger partial charge in [0.05, 0.1) is 0 Å². The summed E-state index contributed by atoms with van der Waals surface area (Å²) >= 11 is 0. The number of nitrogen functional groups attached to an aromatic ring is 1. The number of benzene rings is 2. The van der Waals surface area contributed by atoms with E-state index < -0.39 is 0 Å². The fourth-order valence-electron chi connectivity index (χ4n) is 3.49. The molecule has 1 aromatic heterocycles. The highest BCUT2D eigenvalue weighted by molar-refractivity contribution is 5.98. The van der Waals surface area contributed by atoms with Gasteiger partial charge in [-0.3, -0.25) is 4.79 Å². The molecule has 4 rings (SSSR count). The minimum absolute atomic E-state index is 0.0349. The Labute approximate surface area is 169 Å². The summed E-state index contributed by atoms with van der Waals surface area (Å²) in [5.41, 5.74) is 9.76. The highest BCUT2D eigenvalue weighted by atomic mass is 19.1. The lowest BCUT2D eigenvalue weighted by Crippen LogP contribution is -2.43. The van der Waals surface area contributed by atoms with Gasteiger partial charge in [0.2, 0.25) is 0 Å². The number of carbonyl (C=O) groups excluding carboxylic acids is 1. The van der Waals surface area contributed by atoms with Crippen LogP contribution in [0.4, 0.5) is 15.9 Å². The van der Waals surface area contributed by atoms with Gasteiger partial charge in [-0.2, -0.15) is 0 Å². The van der Waals surface area contributed by atoms with Crippen molar-refractivity contribution in [3.8, 4) is 11.1 Å². The van der Waals surface area contributed by atoms with Crippen molar-refractivity contribution in [3.63, 3.8) is 0 Å². The summed E-state index contributed by atoms with van der Waals surface area (Å²) in [6, 6.07) is 15.5. The summed E-state index contributed by atoms with van der Waals surface area (Å²) in [7, 11) is 0. The molecule has 1 aliphatic heterocycles. The minimum Gasteiger partial charge on any atom is -0.398 e. The van der Waals surface area contributed by atoms with E-state index in [0.717, 1.165) is 48.7 Å². The summed E-state index contributed by atoms with van der Waals surface area (Å²) in [5.74, 6) is 0.574. The van der Waals surface area contributed by atoms with E-state index >= 15 is 0 Å². The first-order chi connectivity index (χ1) is 14.1. The molecule has 2 heterocycles. The maximum absolute atomic E-state index is 13.2. The van der Waals surface area contributed by atoms with Gasteiger partial charge in [0.15, 0.2) is 5.78 Å². The molecule has 1 saturated heterocycles. The molecule has 2 aromatic carbocycles. The Kier molecular flexibility index (Phi) is 5.53. The molecule has 0 unspecified atom stereocenters. The van der Waals surface area contributed by atoms with Gasteiger partial charge in [-0.05, 0) is 53.1 Å². The van der Waals surface area contributed by atoms with Crippen molar-refractivity contribution in [2.45, 2.75) is 6.42 Å². The number of anilines is 2. The van der Waals surface area contributed by atoms with Gasteiger partial charge >= 0.3 is 0 Å². The van der Waals surface area contributed by atoms with Crippen LogP contribution in [0, 0.1) is 5.82 Å². The molecule has 6 heteroatoms. The number of piperazine rings is 1. The van der Waals surface area contributed by atoms with Crippen molar-refractivity contribution in [2.24, 2.45) is 0 Å². The number of nitrogens with one attached hydrogen (secondary N) is 1. The van der Waals surface area contributed by atoms with Gasteiger partial charge in [-0.15, -0.1) is 0 Å². The fraction of sp³-hybridized carbons (Fsp3) is 0.217. The first-order valence-corrected chi connectivity index (χ1v) is 9.69. The molecule has 0 aliphatic carbocycles. The summed E-state index contributed by atoms with van der Waals surface area (Å²) in [5, 5.41) is 3.31. The second kappa shape index (κ2) is 8.41. The molecule has 3 N–H and O–H groups in total. The Balaban J connectivity index is 1.50. The van der Waals surface area contributed by atoms with Crippen molar-refractivity contribution < 1.29 is 9.18 Å². The second-order valence-electron chi connectivity index (χ2n) is 7.16. The minimum atomic E-state index is -0.281. The van der Waals surface area contributed by atoms with Crippen LogP contribution in [-0.4, -0.2) is 36.9 Å². The predicted octanol–water partition coefficient (Wildman–Crippen LogP) is 3.30. The molecule has 3 aromatic rings. The van der Waals surface area contributed by atoms with Gasteiger partial charge < -0.3 is 16.0 Å². The zero-order chi connectivity index (χ0) is 20.2. The lowest BCUT2D eigenvalue weighted by Gasteiger charge is -2.28. The number of hydrogen-bond donors (Lipinski definition) is 2. The SMILES string of the molecule is Nc1ccc(-c2ccc(F)cc2)cc1CC(=O)c1ccc(N2CCNCC2)nc1. The van der Waals surface area contributed by atoms with Crippen LogP contribution < -0.4 is 16.0 Å². The zero-order valence-corrected chi connectivity index (χ0v) is 16.1. The normalized spacial score (nSPS) is 14.0. The van der Waals surface area contributed by atoms with E-state index in [1.54, 1.807) is 24.4 Å². The van der Waals surface area contributed by atoms with Gasteiger partial charge in [0.1, 0.15) is 11.6 Å². The average Bonchev–Trinajstić information content (AvgIpc) is 2.76. The molecule has 1 aliphatic rings. The molecule has 0 radical (unpaired) electrons. The number of rotatable bonds is 5. The van der Waals surface area contributed by atoms with E-state index in [0.29, 0.717) is 11.3 Å². The number of aromatic nitrogens is 1. The van der Waals surface area contributed by atoms with Crippen LogP contribution in [0.2, 0.25) is 0 Å². The number of hydrogen-bond acceptors (Lipinski definition) is 5. The zero-order valence-electron chi connectivity index (χ0n) is 16.1. The van der Waals surface area contributed by atoms with E-state index in [9.17, 15) is 9.18 Å². The van der Waals surface area contributed by atoms with Crippen LogP contribution in [0.1, 0.15) is 15.9 Å². The van der Waals surface area contributed by atoms with E-state index in [2.05, 4.69) is 15.2 Å². The molecule has 1 fully saturated rings. The number of nitrogens with zero attached hydrogens (tertiary/aromatic N) is 2. The Hall–Kier alpha value is -3.25. The molecule has 148 valence electrons. The largest absolute Gasteiger partial charge is 0.398 e.